The molecule has 1 aromatic heterocycles. The van der Waals surface area contributed by atoms with Crippen LogP contribution in [0.4, 0.5) is 6.01 Å². The van der Waals surface area contributed by atoms with E-state index in [2.05, 4.69) is 39.6 Å². The number of hydrogen-bond donors (Lipinski definition) is 2. The highest BCUT2D eigenvalue weighted by molar-refractivity contribution is 5.90. The Bertz CT molecular complexity index is 454. The molecule has 1 saturated heterocycles. The molecule has 7 nitrogen and oxygen atoms in total. The summed E-state index contributed by atoms with van der Waals surface area (Å²) in [5, 5.41) is 13.6. The van der Waals surface area contributed by atoms with E-state index in [9.17, 15) is 4.79 Å². The Labute approximate surface area is 125 Å². The molecule has 1 amide bonds. The first kappa shape index (κ1) is 15.9. The van der Waals surface area contributed by atoms with E-state index in [0.29, 0.717) is 24.4 Å². The van der Waals surface area contributed by atoms with Crippen molar-refractivity contribution >= 4 is 11.9 Å². The first-order chi connectivity index (χ1) is 10.0. The smallest absolute Gasteiger partial charge is 0.322 e. The zero-order valence-electron chi connectivity index (χ0n) is 13.1. The molecule has 1 aliphatic heterocycles. The Balaban J connectivity index is 1.85. The van der Waals surface area contributed by atoms with E-state index in [1.54, 1.807) is 6.92 Å². The van der Waals surface area contributed by atoms with Crippen LogP contribution in [0.5, 0.6) is 0 Å². The summed E-state index contributed by atoms with van der Waals surface area (Å²) in [6.45, 7) is 9.23. The lowest BCUT2D eigenvalue weighted by atomic mass is 10.1. The molecule has 0 saturated carbocycles. The molecule has 0 radical (unpaired) electrons. The summed E-state index contributed by atoms with van der Waals surface area (Å²) in [4.78, 5) is 14.3. The Morgan fingerprint density at radius 2 is 2.33 bits per heavy atom. The first-order valence-electron chi connectivity index (χ1n) is 7.58. The predicted octanol–water partition coefficient (Wildman–Crippen LogP) is 1.03. The van der Waals surface area contributed by atoms with Gasteiger partial charge in [0, 0.05) is 26.1 Å². The number of carbonyl (C=O) groups excluding carboxylic acids is 1. The molecular formula is C14H25N5O2. The monoisotopic (exact) mass is 295 g/mol. The summed E-state index contributed by atoms with van der Waals surface area (Å²) >= 11 is 0. The maximum absolute atomic E-state index is 12.1. The summed E-state index contributed by atoms with van der Waals surface area (Å²) in [5.41, 5.74) is 0. The molecule has 2 heterocycles. The number of rotatable bonds is 7. The molecule has 0 aromatic carbocycles. The van der Waals surface area contributed by atoms with Gasteiger partial charge >= 0.3 is 6.01 Å². The van der Waals surface area contributed by atoms with Gasteiger partial charge in [0.15, 0.2) is 0 Å². The summed E-state index contributed by atoms with van der Waals surface area (Å²) < 4.78 is 5.17. The number of nitrogens with zero attached hydrogens (tertiary/aromatic N) is 3. The molecule has 0 aliphatic carbocycles. The molecule has 0 bridgehead atoms. The number of hydrogen-bond acceptors (Lipinski definition) is 6. The van der Waals surface area contributed by atoms with E-state index in [1.807, 2.05) is 0 Å². The van der Waals surface area contributed by atoms with Gasteiger partial charge in [-0.3, -0.25) is 15.0 Å². The average molecular weight is 295 g/mol. The van der Waals surface area contributed by atoms with Crippen LogP contribution in [-0.4, -0.2) is 53.2 Å². The van der Waals surface area contributed by atoms with Gasteiger partial charge < -0.3 is 9.73 Å². The van der Waals surface area contributed by atoms with E-state index in [-0.39, 0.29) is 11.9 Å². The fourth-order valence-electron chi connectivity index (χ4n) is 2.65. The van der Waals surface area contributed by atoms with Gasteiger partial charge in [0.1, 0.15) is 0 Å². The zero-order chi connectivity index (χ0) is 15.2. The molecule has 2 rings (SSSR count). The van der Waals surface area contributed by atoms with Crippen molar-refractivity contribution in [2.24, 2.45) is 5.92 Å². The topological polar surface area (TPSA) is 83.3 Å². The maximum atomic E-state index is 12.1. The molecule has 1 atom stereocenters. The fraction of sp³-hybridized carbons (Fsp3) is 0.786. The lowest BCUT2D eigenvalue weighted by Crippen LogP contribution is -2.43. The molecular weight excluding hydrogens is 270 g/mol. The van der Waals surface area contributed by atoms with Gasteiger partial charge in [0.05, 0.1) is 6.54 Å². The molecule has 118 valence electrons. The Hall–Kier alpha value is -1.47. The lowest BCUT2D eigenvalue weighted by molar-refractivity contribution is -0.117. The van der Waals surface area contributed by atoms with Gasteiger partial charge in [-0.1, -0.05) is 18.9 Å². The second-order valence-corrected chi connectivity index (χ2v) is 6.06. The van der Waals surface area contributed by atoms with Crippen LogP contribution >= 0.6 is 0 Å². The van der Waals surface area contributed by atoms with Gasteiger partial charge in [-0.05, 0) is 25.3 Å². The highest BCUT2D eigenvalue weighted by Gasteiger charge is 2.20. The van der Waals surface area contributed by atoms with Crippen LogP contribution in [0, 0.1) is 12.8 Å². The number of aromatic nitrogens is 2. The zero-order valence-corrected chi connectivity index (χ0v) is 13.1. The van der Waals surface area contributed by atoms with Gasteiger partial charge in [0.25, 0.3) is 0 Å². The highest BCUT2D eigenvalue weighted by Crippen LogP contribution is 2.09. The third-order valence-electron chi connectivity index (χ3n) is 3.40. The SMILES string of the molecule is Cc1nnc(NC(=O)CN(CC(C)C)CC2CCCN2)o1. The first-order valence-corrected chi connectivity index (χ1v) is 7.58. The van der Waals surface area contributed by atoms with Crippen LogP contribution in [0.2, 0.25) is 0 Å². The van der Waals surface area contributed by atoms with Crippen molar-refractivity contribution in [3.05, 3.63) is 5.89 Å². The summed E-state index contributed by atoms with van der Waals surface area (Å²) in [6, 6.07) is 0.656. The molecule has 1 unspecified atom stereocenters. The highest BCUT2D eigenvalue weighted by atomic mass is 16.4. The molecule has 1 fully saturated rings. The van der Waals surface area contributed by atoms with Gasteiger partial charge in [0.2, 0.25) is 11.8 Å². The van der Waals surface area contributed by atoms with Crippen molar-refractivity contribution in [3.8, 4) is 0 Å². The second-order valence-electron chi connectivity index (χ2n) is 6.06. The van der Waals surface area contributed by atoms with Crippen LogP contribution in [-0.2, 0) is 4.79 Å². The fourth-order valence-corrected chi connectivity index (χ4v) is 2.65. The van der Waals surface area contributed by atoms with Crippen LogP contribution in [0.25, 0.3) is 0 Å². The standard InChI is InChI=1S/C14H25N5O2/c1-10(2)7-19(8-12-5-4-6-15-12)9-13(20)16-14-18-17-11(3)21-14/h10,12,15H,4-9H2,1-3H3,(H,16,18,20). The van der Waals surface area contributed by atoms with Crippen molar-refractivity contribution < 1.29 is 9.21 Å². The largest absolute Gasteiger partial charge is 0.408 e. The Morgan fingerprint density at radius 1 is 1.52 bits per heavy atom. The summed E-state index contributed by atoms with van der Waals surface area (Å²) in [7, 11) is 0. The quantitative estimate of drug-likeness (QED) is 0.781. The maximum Gasteiger partial charge on any atom is 0.322 e. The number of amides is 1. The van der Waals surface area contributed by atoms with E-state index in [1.165, 1.54) is 12.8 Å². The van der Waals surface area contributed by atoms with Crippen LogP contribution in [0.15, 0.2) is 4.42 Å². The molecule has 1 aliphatic rings. The van der Waals surface area contributed by atoms with E-state index in [0.717, 1.165) is 19.6 Å². The molecule has 2 N–H and O–H groups in total. The van der Waals surface area contributed by atoms with Crippen LogP contribution < -0.4 is 10.6 Å². The number of aryl methyl sites for hydroxylation is 1. The molecule has 21 heavy (non-hydrogen) atoms. The number of anilines is 1. The minimum Gasteiger partial charge on any atom is -0.408 e. The van der Waals surface area contributed by atoms with Gasteiger partial charge in [-0.2, -0.15) is 0 Å². The number of nitrogens with one attached hydrogen (secondary N) is 2. The molecule has 1 aromatic rings. The van der Waals surface area contributed by atoms with Crippen LogP contribution in [0.3, 0.4) is 0 Å². The van der Waals surface area contributed by atoms with Crippen molar-refractivity contribution in [2.45, 2.75) is 39.7 Å². The van der Waals surface area contributed by atoms with Gasteiger partial charge in [-0.15, -0.1) is 5.10 Å². The van der Waals surface area contributed by atoms with Gasteiger partial charge in [-0.25, -0.2) is 0 Å². The summed E-state index contributed by atoms with van der Waals surface area (Å²) in [6.07, 6.45) is 2.40. The lowest BCUT2D eigenvalue weighted by Gasteiger charge is -2.26. The molecule has 0 spiro atoms. The van der Waals surface area contributed by atoms with Crippen molar-refractivity contribution in [1.29, 1.82) is 0 Å². The Kier molecular flexibility index (Phi) is 5.69. The van der Waals surface area contributed by atoms with Crippen molar-refractivity contribution in [2.75, 3.05) is 31.5 Å². The minimum absolute atomic E-state index is 0.114. The second kappa shape index (κ2) is 7.51. The van der Waals surface area contributed by atoms with Crippen molar-refractivity contribution in [3.63, 3.8) is 0 Å². The van der Waals surface area contributed by atoms with E-state index < -0.39 is 0 Å². The minimum atomic E-state index is -0.114. The third kappa shape index (κ3) is 5.43. The van der Waals surface area contributed by atoms with E-state index in [4.69, 9.17) is 4.42 Å². The average Bonchev–Trinajstić information content (AvgIpc) is 3.00. The Morgan fingerprint density at radius 3 is 2.90 bits per heavy atom. The normalized spacial score (nSPS) is 18.6. The predicted molar refractivity (Wildman–Crippen MR) is 80.0 cm³/mol. The van der Waals surface area contributed by atoms with Crippen LogP contribution in [0.1, 0.15) is 32.6 Å². The number of carbonyl (C=O) groups is 1. The van der Waals surface area contributed by atoms with Crippen molar-refractivity contribution in [1.82, 2.24) is 20.4 Å². The van der Waals surface area contributed by atoms with E-state index >= 15 is 0 Å². The third-order valence-corrected chi connectivity index (χ3v) is 3.40. The summed E-state index contributed by atoms with van der Waals surface area (Å²) in [5.74, 6) is 0.849. The molecule has 7 heteroatoms.